The van der Waals surface area contributed by atoms with Crippen LogP contribution in [0.3, 0.4) is 0 Å². The fraction of sp³-hybridized carbons (Fsp3) is 0.200. The van der Waals surface area contributed by atoms with E-state index in [1.54, 1.807) is 35.1 Å². The van der Waals surface area contributed by atoms with Crippen LogP contribution in [0.15, 0.2) is 48.7 Å². The van der Waals surface area contributed by atoms with Gasteiger partial charge in [0.1, 0.15) is 0 Å². The number of benzene rings is 2. The molecule has 1 unspecified atom stereocenters. The van der Waals surface area contributed by atoms with Gasteiger partial charge in [-0.3, -0.25) is 24.3 Å². The highest BCUT2D eigenvalue weighted by atomic mass is 16.5. The Hall–Kier alpha value is -3.72. The maximum atomic E-state index is 12.7. The number of hydrogen-bond acceptors (Lipinski definition) is 5. The Labute approximate surface area is 166 Å². The minimum atomic E-state index is -1.50. The molecule has 9 heteroatoms. The van der Waals surface area contributed by atoms with E-state index in [9.17, 15) is 14.4 Å². The summed E-state index contributed by atoms with van der Waals surface area (Å²) in [4.78, 5) is 37.5. The monoisotopic (exact) mass is 395 g/mol. The van der Waals surface area contributed by atoms with Crippen LogP contribution < -0.4 is 10.8 Å². The van der Waals surface area contributed by atoms with Gasteiger partial charge in [-0.05, 0) is 35.4 Å². The van der Waals surface area contributed by atoms with Crippen molar-refractivity contribution >= 4 is 28.6 Å². The molecule has 3 aromatic rings. The van der Waals surface area contributed by atoms with Crippen molar-refractivity contribution in [2.75, 3.05) is 14.1 Å². The number of amides is 3. The van der Waals surface area contributed by atoms with E-state index < -0.39 is 23.8 Å². The molecule has 0 saturated carbocycles. The lowest BCUT2D eigenvalue weighted by molar-refractivity contribution is -0.140. The molecule has 29 heavy (non-hydrogen) atoms. The fourth-order valence-corrected chi connectivity index (χ4v) is 3.14. The van der Waals surface area contributed by atoms with Gasteiger partial charge >= 0.3 is 0 Å². The summed E-state index contributed by atoms with van der Waals surface area (Å²) >= 11 is 0. The molecule has 9 nitrogen and oxygen atoms in total. The third-order valence-corrected chi connectivity index (χ3v) is 4.77. The van der Waals surface area contributed by atoms with Crippen LogP contribution in [0, 0.1) is 0 Å². The van der Waals surface area contributed by atoms with E-state index in [-0.39, 0.29) is 0 Å². The third-order valence-electron chi connectivity index (χ3n) is 4.77. The summed E-state index contributed by atoms with van der Waals surface area (Å²) in [5.41, 5.74) is 4.62. The number of carbonyl (C=O) groups excluding carboxylic acids is 3. The van der Waals surface area contributed by atoms with E-state index in [1.807, 2.05) is 25.2 Å². The molecule has 0 aliphatic carbocycles. The molecule has 0 aliphatic rings. The summed E-state index contributed by atoms with van der Waals surface area (Å²) in [6.45, 7) is 0. The van der Waals surface area contributed by atoms with Crippen molar-refractivity contribution in [1.82, 2.24) is 25.5 Å². The molecule has 2 aromatic carbocycles. The molecule has 1 atom stereocenters. The summed E-state index contributed by atoms with van der Waals surface area (Å²) in [5.74, 6) is -2.24. The first-order valence-electron chi connectivity index (χ1n) is 8.82. The average molecular weight is 395 g/mol. The van der Waals surface area contributed by atoms with E-state index in [2.05, 4.69) is 10.4 Å². The van der Waals surface area contributed by atoms with Crippen LogP contribution in [0.5, 0.6) is 0 Å². The third kappa shape index (κ3) is 3.81. The van der Waals surface area contributed by atoms with Gasteiger partial charge in [-0.1, -0.05) is 18.2 Å². The number of rotatable bonds is 5. The number of likely N-dealkylation sites (N-methyl/N-ethyl adjacent to an activating group) is 2. The quantitative estimate of drug-likeness (QED) is 0.338. The number of aryl methyl sites for hydroxylation is 1. The van der Waals surface area contributed by atoms with Crippen LogP contribution in [0.2, 0.25) is 0 Å². The van der Waals surface area contributed by atoms with Crippen molar-refractivity contribution in [3.63, 3.8) is 0 Å². The molecule has 3 N–H and O–H groups in total. The van der Waals surface area contributed by atoms with Crippen molar-refractivity contribution < 1.29 is 19.6 Å². The summed E-state index contributed by atoms with van der Waals surface area (Å²) in [5, 5.41) is 16.4. The van der Waals surface area contributed by atoms with Crippen LogP contribution >= 0.6 is 0 Å². The lowest BCUT2D eigenvalue weighted by Gasteiger charge is -2.25. The second-order valence-corrected chi connectivity index (χ2v) is 6.53. The number of aromatic nitrogens is 2. The van der Waals surface area contributed by atoms with Crippen molar-refractivity contribution in [2.24, 2.45) is 7.05 Å². The molecule has 0 aliphatic heterocycles. The molecule has 0 spiro atoms. The highest BCUT2D eigenvalue weighted by Gasteiger charge is 2.33. The Morgan fingerprint density at radius 2 is 1.72 bits per heavy atom. The Morgan fingerprint density at radius 1 is 1.07 bits per heavy atom. The first-order chi connectivity index (χ1) is 13.9. The highest BCUT2D eigenvalue weighted by Crippen LogP contribution is 2.25. The number of fused-ring (bicyclic) bond motifs is 1. The van der Waals surface area contributed by atoms with Crippen molar-refractivity contribution in [1.29, 1.82) is 0 Å². The smallest absolute Gasteiger partial charge is 0.275 e. The Bertz CT molecular complexity index is 1060. The van der Waals surface area contributed by atoms with Gasteiger partial charge < -0.3 is 10.2 Å². The van der Waals surface area contributed by atoms with Gasteiger partial charge in [0.15, 0.2) is 6.04 Å². The fourth-order valence-electron chi connectivity index (χ4n) is 3.14. The molecule has 0 saturated heterocycles. The van der Waals surface area contributed by atoms with Gasteiger partial charge in [0.25, 0.3) is 17.7 Å². The number of nitrogens with one attached hydrogen (secondary N) is 2. The van der Waals surface area contributed by atoms with Crippen LogP contribution in [0.25, 0.3) is 22.0 Å². The number of carbonyl (C=O) groups is 3. The Balaban J connectivity index is 1.85. The van der Waals surface area contributed by atoms with E-state index in [1.165, 1.54) is 19.6 Å². The van der Waals surface area contributed by atoms with Crippen LogP contribution in [0.1, 0.15) is 10.4 Å². The number of hydrogen-bond donors (Lipinski definition) is 3. The molecule has 150 valence electrons. The van der Waals surface area contributed by atoms with Gasteiger partial charge in [-0.25, -0.2) is 5.48 Å². The van der Waals surface area contributed by atoms with E-state index >= 15 is 0 Å². The highest BCUT2D eigenvalue weighted by molar-refractivity contribution is 6.08. The van der Waals surface area contributed by atoms with E-state index in [0.29, 0.717) is 5.56 Å². The molecule has 3 rings (SSSR count). The van der Waals surface area contributed by atoms with Crippen LogP contribution in [0.4, 0.5) is 0 Å². The largest absolute Gasteiger partial charge is 0.357 e. The number of nitrogens with zero attached hydrogens (tertiary/aromatic N) is 3. The van der Waals surface area contributed by atoms with Gasteiger partial charge in [0.05, 0.1) is 11.7 Å². The molecule has 0 radical (unpaired) electrons. The minimum Gasteiger partial charge on any atom is -0.357 e. The van der Waals surface area contributed by atoms with Gasteiger partial charge in [-0.2, -0.15) is 5.10 Å². The Kier molecular flexibility index (Phi) is 5.60. The zero-order chi connectivity index (χ0) is 21.1. The Morgan fingerprint density at radius 3 is 2.34 bits per heavy atom. The first kappa shape index (κ1) is 20.0. The predicted octanol–water partition coefficient (Wildman–Crippen LogP) is 0.932. The van der Waals surface area contributed by atoms with Gasteiger partial charge in [0, 0.05) is 32.1 Å². The van der Waals surface area contributed by atoms with Crippen LogP contribution in [-0.2, 0) is 16.6 Å². The summed E-state index contributed by atoms with van der Waals surface area (Å²) in [7, 11) is 4.54. The van der Waals surface area contributed by atoms with Crippen molar-refractivity contribution in [3.05, 3.63) is 54.2 Å². The molecule has 1 heterocycles. The minimum absolute atomic E-state index is 0.304. The molecular formula is C20H21N5O4. The van der Waals surface area contributed by atoms with Gasteiger partial charge in [-0.15, -0.1) is 0 Å². The normalized spacial score (nSPS) is 11.7. The van der Waals surface area contributed by atoms with E-state index in [0.717, 1.165) is 26.9 Å². The average Bonchev–Trinajstić information content (AvgIpc) is 3.13. The second-order valence-electron chi connectivity index (χ2n) is 6.53. The molecular weight excluding hydrogens is 374 g/mol. The van der Waals surface area contributed by atoms with Crippen molar-refractivity contribution in [2.45, 2.75) is 6.04 Å². The van der Waals surface area contributed by atoms with E-state index in [4.69, 9.17) is 5.21 Å². The van der Waals surface area contributed by atoms with Crippen LogP contribution in [-0.4, -0.2) is 57.7 Å². The summed E-state index contributed by atoms with van der Waals surface area (Å²) in [6, 6.07) is 11.3. The molecule has 1 aromatic heterocycles. The molecule has 0 fully saturated rings. The van der Waals surface area contributed by atoms with Gasteiger partial charge in [0.2, 0.25) is 0 Å². The zero-order valence-corrected chi connectivity index (χ0v) is 16.2. The number of hydroxylamine groups is 1. The molecule has 0 bridgehead atoms. The lowest BCUT2D eigenvalue weighted by Crippen LogP contribution is -2.54. The lowest BCUT2D eigenvalue weighted by atomic mass is 10.0. The topological polar surface area (TPSA) is 117 Å². The zero-order valence-electron chi connectivity index (χ0n) is 16.2. The van der Waals surface area contributed by atoms with Crippen molar-refractivity contribution in [3.8, 4) is 11.1 Å². The maximum absolute atomic E-state index is 12.7. The maximum Gasteiger partial charge on any atom is 0.275 e. The summed E-state index contributed by atoms with van der Waals surface area (Å²) in [6.07, 6.45) is 1.79. The molecule has 3 amide bonds. The SMILES string of the molecule is CNC(=O)C(C(=O)NO)N(C)C(=O)c1ccc(-c2ccc3c(cnn3C)c2)cc1. The standard InChI is InChI=1S/C20H21N5O4/c1-21-18(26)17(19(27)23-29)24(2)20(28)13-6-4-12(5-7-13)14-8-9-16-15(10-14)11-22-25(16)3/h4-11,17,29H,1-3H3,(H,21,26)(H,23,27). The summed E-state index contributed by atoms with van der Waals surface area (Å²) < 4.78 is 1.79. The predicted molar refractivity (Wildman–Crippen MR) is 106 cm³/mol. The first-order valence-corrected chi connectivity index (χ1v) is 8.82. The second kappa shape index (κ2) is 8.11.